The van der Waals surface area contributed by atoms with E-state index in [0.717, 1.165) is 61.3 Å². The quantitative estimate of drug-likeness (QED) is 0.930. The van der Waals surface area contributed by atoms with Gasteiger partial charge in [0.05, 0.1) is 12.5 Å². The van der Waals surface area contributed by atoms with Crippen LogP contribution in [0.25, 0.3) is 11.0 Å². The van der Waals surface area contributed by atoms with Gasteiger partial charge in [-0.3, -0.25) is 9.69 Å². The normalized spacial score (nSPS) is 22.2. The highest BCUT2D eigenvalue weighted by atomic mass is 16.3. The fraction of sp³-hybridized carbons (Fsp3) is 0.526. The number of β-amino-alcohol motifs (C(OH)–C–C–N with tert-alkyl or cyclic N) is 1. The molecule has 2 saturated heterocycles. The molecule has 2 fully saturated rings. The average molecular weight is 328 g/mol. The molecule has 0 spiro atoms. The maximum atomic E-state index is 12.6. The molecule has 128 valence electrons. The van der Waals surface area contributed by atoms with Crippen LogP contribution in [0.4, 0.5) is 0 Å². The van der Waals surface area contributed by atoms with E-state index >= 15 is 0 Å². The van der Waals surface area contributed by atoms with Crippen LogP contribution >= 0.6 is 0 Å². The van der Waals surface area contributed by atoms with E-state index in [0.29, 0.717) is 12.5 Å². The fourth-order valence-corrected chi connectivity index (χ4v) is 3.88. The molecule has 0 saturated carbocycles. The zero-order chi connectivity index (χ0) is 16.7. The van der Waals surface area contributed by atoms with Crippen LogP contribution in [-0.4, -0.2) is 59.1 Å². The predicted molar refractivity (Wildman–Crippen MR) is 91.9 cm³/mol. The number of hydrogen-bond donors (Lipinski definition) is 1. The standard InChI is InChI=1S/C19H24N2O3/c1-2-17-16(15-5-3-4-6-18(15)24-17)9-19(23)21-10-13(11-21)20-8-7-14(22)12-20/h3-6,13-14,22H,2,7-12H2,1H3. The largest absolute Gasteiger partial charge is 0.461 e. The van der Waals surface area contributed by atoms with Crippen molar-refractivity contribution in [2.45, 2.75) is 38.3 Å². The Morgan fingerprint density at radius 3 is 2.79 bits per heavy atom. The van der Waals surface area contributed by atoms with Crippen molar-refractivity contribution >= 4 is 16.9 Å². The molecule has 1 amide bonds. The van der Waals surface area contributed by atoms with Crippen LogP contribution in [0.15, 0.2) is 28.7 Å². The van der Waals surface area contributed by atoms with E-state index in [1.165, 1.54) is 0 Å². The Balaban J connectivity index is 1.42. The molecule has 1 unspecified atom stereocenters. The highest BCUT2D eigenvalue weighted by Gasteiger charge is 2.37. The van der Waals surface area contributed by atoms with Crippen molar-refractivity contribution in [2.75, 3.05) is 26.2 Å². The summed E-state index contributed by atoms with van der Waals surface area (Å²) in [6, 6.07) is 8.36. The molecule has 0 aliphatic carbocycles. The summed E-state index contributed by atoms with van der Waals surface area (Å²) < 4.78 is 5.89. The van der Waals surface area contributed by atoms with Gasteiger partial charge < -0.3 is 14.4 Å². The molecule has 5 nitrogen and oxygen atoms in total. The van der Waals surface area contributed by atoms with Gasteiger partial charge in [-0.2, -0.15) is 0 Å². The highest BCUT2D eigenvalue weighted by molar-refractivity contribution is 5.89. The van der Waals surface area contributed by atoms with E-state index in [-0.39, 0.29) is 12.0 Å². The summed E-state index contributed by atoms with van der Waals surface area (Å²) in [6.45, 7) is 5.31. The lowest BCUT2D eigenvalue weighted by atomic mass is 10.0. The zero-order valence-electron chi connectivity index (χ0n) is 14.1. The summed E-state index contributed by atoms with van der Waals surface area (Å²) in [5.74, 6) is 1.09. The van der Waals surface area contributed by atoms with Crippen LogP contribution < -0.4 is 0 Å². The number of aryl methyl sites for hydroxylation is 1. The van der Waals surface area contributed by atoms with Crippen molar-refractivity contribution in [3.05, 3.63) is 35.6 Å². The first-order valence-corrected chi connectivity index (χ1v) is 8.85. The van der Waals surface area contributed by atoms with Gasteiger partial charge in [-0.25, -0.2) is 0 Å². The number of nitrogens with zero attached hydrogens (tertiary/aromatic N) is 2. The smallest absolute Gasteiger partial charge is 0.227 e. The van der Waals surface area contributed by atoms with Crippen LogP contribution in [0.1, 0.15) is 24.7 Å². The van der Waals surface area contributed by atoms with E-state index in [9.17, 15) is 9.90 Å². The van der Waals surface area contributed by atoms with Crippen LogP contribution in [0, 0.1) is 0 Å². The Kier molecular flexibility index (Phi) is 4.06. The summed E-state index contributed by atoms with van der Waals surface area (Å²) in [5, 5.41) is 10.7. The number of likely N-dealkylation sites (tertiary alicyclic amines) is 2. The number of benzene rings is 1. The van der Waals surface area contributed by atoms with E-state index in [4.69, 9.17) is 4.42 Å². The van der Waals surface area contributed by atoms with Gasteiger partial charge in [0.1, 0.15) is 11.3 Å². The molecule has 2 aromatic rings. The predicted octanol–water partition coefficient (Wildman–Crippen LogP) is 1.82. The number of para-hydroxylation sites is 1. The van der Waals surface area contributed by atoms with Gasteiger partial charge in [0.15, 0.2) is 0 Å². The van der Waals surface area contributed by atoms with E-state index in [2.05, 4.69) is 11.8 Å². The number of carbonyl (C=O) groups is 1. The fourth-order valence-electron chi connectivity index (χ4n) is 3.88. The minimum Gasteiger partial charge on any atom is -0.461 e. The van der Waals surface area contributed by atoms with Gasteiger partial charge in [0.25, 0.3) is 0 Å². The molecule has 3 heterocycles. The average Bonchev–Trinajstić information content (AvgIpc) is 3.10. The Morgan fingerprint density at radius 2 is 2.08 bits per heavy atom. The number of aliphatic hydroxyl groups is 1. The second-order valence-corrected chi connectivity index (χ2v) is 6.92. The summed E-state index contributed by atoms with van der Waals surface area (Å²) in [6.07, 6.45) is 1.87. The number of rotatable bonds is 4. The maximum Gasteiger partial charge on any atom is 0.227 e. The third-order valence-corrected chi connectivity index (χ3v) is 5.36. The van der Waals surface area contributed by atoms with Crippen LogP contribution in [-0.2, 0) is 17.6 Å². The van der Waals surface area contributed by atoms with Gasteiger partial charge in [-0.05, 0) is 12.5 Å². The van der Waals surface area contributed by atoms with Crippen molar-refractivity contribution in [2.24, 2.45) is 0 Å². The molecule has 1 aromatic heterocycles. The van der Waals surface area contributed by atoms with Gasteiger partial charge >= 0.3 is 0 Å². The minimum absolute atomic E-state index is 0.173. The first-order valence-electron chi connectivity index (χ1n) is 8.85. The Hall–Kier alpha value is -1.85. The first kappa shape index (κ1) is 15.7. The number of furan rings is 1. The van der Waals surface area contributed by atoms with Gasteiger partial charge in [-0.1, -0.05) is 25.1 Å². The van der Waals surface area contributed by atoms with Gasteiger partial charge in [-0.15, -0.1) is 0 Å². The zero-order valence-corrected chi connectivity index (χ0v) is 14.1. The van der Waals surface area contributed by atoms with E-state index < -0.39 is 0 Å². The molecule has 2 aliphatic heterocycles. The van der Waals surface area contributed by atoms with Crippen molar-refractivity contribution in [3.8, 4) is 0 Å². The van der Waals surface area contributed by atoms with Crippen molar-refractivity contribution in [3.63, 3.8) is 0 Å². The molecule has 5 heteroatoms. The molecular weight excluding hydrogens is 304 g/mol. The van der Waals surface area contributed by atoms with Gasteiger partial charge in [0, 0.05) is 49.6 Å². The third-order valence-electron chi connectivity index (χ3n) is 5.36. The molecular formula is C19H24N2O3. The van der Waals surface area contributed by atoms with Crippen molar-refractivity contribution < 1.29 is 14.3 Å². The first-order chi connectivity index (χ1) is 11.7. The van der Waals surface area contributed by atoms with Gasteiger partial charge in [0.2, 0.25) is 5.91 Å². The molecule has 1 atom stereocenters. The van der Waals surface area contributed by atoms with Crippen LogP contribution in [0.3, 0.4) is 0 Å². The monoisotopic (exact) mass is 328 g/mol. The second kappa shape index (κ2) is 6.22. The van der Waals surface area contributed by atoms with Crippen molar-refractivity contribution in [1.29, 1.82) is 0 Å². The molecule has 1 aromatic carbocycles. The van der Waals surface area contributed by atoms with E-state index in [1.807, 2.05) is 29.2 Å². The summed E-state index contributed by atoms with van der Waals surface area (Å²) >= 11 is 0. The van der Waals surface area contributed by atoms with Crippen molar-refractivity contribution in [1.82, 2.24) is 9.80 Å². The molecule has 24 heavy (non-hydrogen) atoms. The molecule has 0 radical (unpaired) electrons. The SMILES string of the molecule is CCc1oc2ccccc2c1CC(=O)N1CC(N2CCC(O)C2)C1. The van der Waals surface area contributed by atoms with E-state index in [1.54, 1.807) is 0 Å². The molecule has 4 rings (SSSR count). The number of amides is 1. The Morgan fingerprint density at radius 1 is 1.29 bits per heavy atom. The maximum absolute atomic E-state index is 12.6. The summed E-state index contributed by atoms with van der Waals surface area (Å²) in [4.78, 5) is 16.9. The number of carbonyl (C=O) groups excluding carboxylic acids is 1. The molecule has 0 bridgehead atoms. The number of aliphatic hydroxyl groups excluding tert-OH is 1. The topological polar surface area (TPSA) is 56.9 Å². The lowest BCUT2D eigenvalue weighted by Crippen LogP contribution is -2.60. The van der Waals surface area contributed by atoms with Crippen LogP contribution in [0.5, 0.6) is 0 Å². The lowest BCUT2D eigenvalue weighted by molar-refractivity contribution is -0.137. The Labute approximate surface area is 141 Å². The summed E-state index contributed by atoms with van der Waals surface area (Å²) in [7, 11) is 0. The minimum atomic E-state index is -0.195. The molecule has 1 N–H and O–H groups in total. The van der Waals surface area contributed by atoms with Crippen LogP contribution in [0.2, 0.25) is 0 Å². The highest BCUT2D eigenvalue weighted by Crippen LogP contribution is 2.28. The number of hydrogen-bond acceptors (Lipinski definition) is 4. The Bertz CT molecular complexity index is 748. The summed E-state index contributed by atoms with van der Waals surface area (Å²) in [5.41, 5.74) is 1.91. The second-order valence-electron chi connectivity index (χ2n) is 6.92. The lowest BCUT2D eigenvalue weighted by Gasteiger charge is -2.44. The molecule has 2 aliphatic rings. The third kappa shape index (κ3) is 2.72. The number of fused-ring (bicyclic) bond motifs is 1.